The van der Waals surface area contributed by atoms with Gasteiger partial charge >= 0.3 is 0 Å². The second kappa shape index (κ2) is 7.63. The smallest absolute Gasteiger partial charge is 0.264 e. The molecule has 0 spiro atoms. The SMILES string of the molecule is O=C(CCc1ccc(Cl)cc1)NS(=O)(=O)c1cccc(-n2cnnn2)c1. The van der Waals surface area contributed by atoms with E-state index in [1.54, 1.807) is 36.4 Å². The number of aromatic nitrogens is 4. The average Bonchev–Trinajstić information content (AvgIpc) is 3.16. The van der Waals surface area contributed by atoms with E-state index in [-0.39, 0.29) is 11.3 Å². The summed E-state index contributed by atoms with van der Waals surface area (Å²) in [4.78, 5) is 12.0. The second-order valence-corrected chi connectivity index (χ2v) is 7.53. The first kappa shape index (κ1) is 18.0. The Kier molecular flexibility index (Phi) is 5.29. The summed E-state index contributed by atoms with van der Waals surface area (Å²) in [5, 5.41) is 11.3. The summed E-state index contributed by atoms with van der Waals surface area (Å²) in [6, 6.07) is 13.0. The summed E-state index contributed by atoms with van der Waals surface area (Å²) in [5.74, 6) is -0.590. The molecular weight excluding hydrogens is 378 g/mol. The molecule has 1 amide bonds. The highest BCUT2D eigenvalue weighted by Gasteiger charge is 2.18. The van der Waals surface area contributed by atoms with Crippen molar-refractivity contribution in [2.24, 2.45) is 0 Å². The summed E-state index contributed by atoms with van der Waals surface area (Å²) >= 11 is 5.81. The van der Waals surface area contributed by atoms with Crippen LogP contribution in [0.15, 0.2) is 59.8 Å². The van der Waals surface area contributed by atoms with Crippen LogP contribution in [-0.4, -0.2) is 34.5 Å². The summed E-state index contributed by atoms with van der Waals surface area (Å²) in [6.07, 6.45) is 1.78. The van der Waals surface area contributed by atoms with Crippen LogP contribution >= 0.6 is 11.6 Å². The Hall–Kier alpha value is -2.78. The van der Waals surface area contributed by atoms with Crippen molar-refractivity contribution in [1.82, 2.24) is 24.9 Å². The summed E-state index contributed by atoms with van der Waals surface area (Å²) in [7, 11) is -3.99. The first-order valence-electron chi connectivity index (χ1n) is 7.57. The maximum Gasteiger partial charge on any atom is 0.264 e. The van der Waals surface area contributed by atoms with E-state index < -0.39 is 15.9 Å². The molecule has 0 saturated heterocycles. The van der Waals surface area contributed by atoms with E-state index in [4.69, 9.17) is 11.6 Å². The number of amides is 1. The highest BCUT2D eigenvalue weighted by Crippen LogP contribution is 2.15. The molecule has 0 radical (unpaired) electrons. The Labute approximate surface area is 154 Å². The predicted octanol–water partition coefficient (Wildman–Crippen LogP) is 1.75. The van der Waals surface area contributed by atoms with E-state index in [9.17, 15) is 13.2 Å². The zero-order chi connectivity index (χ0) is 18.6. The van der Waals surface area contributed by atoms with E-state index in [2.05, 4.69) is 20.2 Å². The van der Waals surface area contributed by atoms with E-state index in [1.165, 1.54) is 23.1 Å². The maximum absolute atomic E-state index is 12.4. The largest absolute Gasteiger partial charge is 0.274 e. The number of sulfonamides is 1. The van der Waals surface area contributed by atoms with Gasteiger partial charge in [0, 0.05) is 11.4 Å². The number of carbonyl (C=O) groups excluding carboxylic acids is 1. The van der Waals surface area contributed by atoms with Gasteiger partial charge in [0.15, 0.2) is 0 Å². The third kappa shape index (κ3) is 4.44. The zero-order valence-corrected chi connectivity index (χ0v) is 15.0. The Morgan fingerprint density at radius 2 is 1.92 bits per heavy atom. The van der Waals surface area contributed by atoms with Crippen molar-refractivity contribution in [1.29, 1.82) is 0 Å². The molecule has 0 bridgehead atoms. The molecule has 1 aromatic heterocycles. The van der Waals surface area contributed by atoms with Crippen molar-refractivity contribution in [3.8, 4) is 5.69 Å². The van der Waals surface area contributed by atoms with Crippen LogP contribution in [0.4, 0.5) is 0 Å². The predicted molar refractivity (Wildman–Crippen MR) is 94.3 cm³/mol. The molecule has 10 heteroatoms. The van der Waals surface area contributed by atoms with Gasteiger partial charge in [-0.05, 0) is 52.7 Å². The molecule has 0 fully saturated rings. The molecule has 1 heterocycles. The number of nitrogens with zero attached hydrogens (tertiary/aromatic N) is 4. The van der Waals surface area contributed by atoms with Crippen LogP contribution in [0, 0.1) is 0 Å². The molecule has 2 aromatic carbocycles. The lowest BCUT2D eigenvalue weighted by molar-refractivity contribution is -0.119. The quantitative estimate of drug-likeness (QED) is 0.686. The van der Waals surface area contributed by atoms with Gasteiger partial charge in [-0.25, -0.2) is 17.8 Å². The van der Waals surface area contributed by atoms with Crippen LogP contribution < -0.4 is 4.72 Å². The van der Waals surface area contributed by atoms with Crippen LogP contribution in [0.3, 0.4) is 0 Å². The topological polar surface area (TPSA) is 107 Å². The number of rotatable bonds is 6. The molecule has 3 aromatic rings. The van der Waals surface area contributed by atoms with Gasteiger partial charge in [0.05, 0.1) is 10.6 Å². The first-order chi connectivity index (χ1) is 12.4. The van der Waals surface area contributed by atoms with E-state index >= 15 is 0 Å². The number of halogens is 1. The van der Waals surface area contributed by atoms with Crippen molar-refractivity contribution >= 4 is 27.5 Å². The fourth-order valence-corrected chi connectivity index (χ4v) is 3.42. The minimum absolute atomic E-state index is 0.0353. The number of hydrogen-bond acceptors (Lipinski definition) is 6. The van der Waals surface area contributed by atoms with Crippen molar-refractivity contribution in [2.75, 3.05) is 0 Å². The van der Waals surface area contributed by atoms with Gasteiger partial charge in [0.2, 0.25) is 5.91 Å². The summed E-state index contributed by atoms with van der Waals surface area (Å²) in [6.45, 7) is 0. The first-order valence-corrected chi connectivity index (χ1v) is 9.44. The van der Waals surface area contributed by atoms with Crippen LogP contribution in [0.5, 0.6) is 0 Å². The molecule has 0 unspecified atom stereocenters. The molecule has 134 valence electrons. The molecule has 0 atom stereocenters. The lowest BCUT2D eigenvalue weighted by Crippen LogP contribution is -2.30. The number of nitrogens with one attached hydrogen (secondary N) is 1. The third-order valence-electron chi connectivity index (χ3n) is 3.54. The number of carbonyl (C=O) groups is 1. The van der Waals surface area contributed by atoms with Crippen LogP contribution in [0.1, 0.15) is 12.0 Å². The number of aryl methyl sites for hydroxylation is 1. The standard InChI is InChI=1S/C16H14ClN5O3S/c17-13-7-4-12(5-8-13)6-9-16(23)19-26(24,25)15-3-1-2-14(10-15)22-11-18-20-21-22/h1-5,7-8,10-11H,6,9H2,(H,19,23). The van der Waals surface area contributed by atoms with Gasteiger partial charge in [-0.15, -0.1) is 5.10 Å². The monoisotopic (exact) mass is 391 g/mol. The van der Waals surface area contributed by atoms with E-state index in [0.717, 1.165) is 5.56 Å². The summed E-state index contributed by atoms with van der Waals surface area (Å²) in [5.41, 5.74) is 1.36. The minimum atomic E-state index is -3.99. The lowest BCUT2D eigenvalue weighted by atomic mass is 10.1. The van der Waals surface area contributed by atoms with Crippen LogP contribution in [-0.2, 0) is 21.2 Å². The van der Waals surface area contributed by atoms with Gasteiger partial charge in [0.1, 0.15) is 6.33 Å². The van der Waals surface area contributed by atoms with Crippen molar-refractivity contribution in [3.05, 3.63) is 65.4 Å². The second-order valence-electron chi connectivity index (χ2n) is 5.41. The van der Waals surface area contributed by atoms with Gasteiger partial charge in [-0.2, -0.15) is 0 Å². The number of hydrogen-bond donors (Lipinski definition) is 1. The van der Waals surface area contributed by atoms with Crippen molar-refractivity contribution < 1.29 is 13.2 Å². The van der Waals surface area contributed by atoms with Crippen LogP contribution in [0.25, 0.3) is 5.69 Å². The van der Waals surface area contributed by atoms with Gasteiger partial charge in [0.25, 0.3) is 10.0 Å². The molecule has 0 saturated carbocycles. The van der Waals surface area contributed by atoms with Gasteiger partial charge in [-0.3, -0.25) is 4.79 Å². The molecule has 0 aliphatic rings. The van der Waals surface area contributed by atoms with E-state index in [0.29, 0.717) is 17.1 Å². The molecule has 8 nitrogen and oxygen atoms in total. The fraction of sp³-hybridized carbons (Fsp3) is 0.125. The normalized spacial score (nSPS) is 11.3. The molecule has 1 N–H and O–H groups in total. The molecular formula is C16H14ClN5O3S. The van der Waals surface area contributed by atoms with Crippen LogP contribution in [0.2, 0.25) is 5.02 Å². The lowest BCUT2D eigenvalue weighted by Gasteiger charge is -2.08. The van der Waals surface area contributed by atoms with Gasteiger partial charge < -0.3 is 0 Å². The Bertz CT molecular complexity index is 1000. The number of tetrazole rings is 1. The Balaban J connectivity index is 1.67. The fourth-order valence-electron chi connectivity index (χ4n) is 2.24. The van der Waals surface area contributed by atoms with E-state index in [1.807, 2.05) is 0 Å². The average molecular weight is 392 g/mol. The Morgan fingerprint density at radius 1 is 1.15 bits per heavy atom. The molecule has 3 rings (SSSR count). The minimum Gasteiger partial charge on any atom is -0.274 e. The molecule has 0 aliphatic carbocycles. The van der Waals surface area contributed by atoms with Crippen molar-refractivity contribution in [2.45, 2.75) is 17.7 Å². The Morgan fingerprint density at radius 3 is 2.62 bits per heavy atom. The third-order valence-corrected chi connectivity index (χ3v) is 5.17. The highest BCUT2D eigenvalue weighted by molar-refractivity contribution is 7.90. The van der Waals surface area contributed by atoms with Crippen molar-refractivity contribution in [3.63, 3.8) is 0 Å². The molecule has 26 heavy (non-hydrogen) atoms. The number of benzene rings is 2. The zero-order valence-electron chi connectivity index (χ0n) is 13.4. The highest BCUT2D eigenvalue weighted by atomic mass is 35.5. The molecule has 0 aliphatic heterocycles. The summed E-state index contributed by atoms with van der Waals surface area (Å²) < 4.78 is 28.2. The van der Waals surface area contributed by atoms with Gasteiger partial charge in [-0.1, -0.05) is 29.8 Å². The maximum atomic E-state index is 12.4.